The van der Waals surface area contributed by atoms with Crippen LogP contribution in [-0.2, 0) is 10.7 Å². The van der Waals surface area contributed by atoms with Gasteiger partial charge >= 0.3 is 0 Å². The van der Waals surface area contributed by atoms with Crippen LogP contribution in [0.4, 0.5) is 0 Å². The Hall–Kier alpha value is -0.710. The zero-order valence-corrected chi connectivity index (χ0v) is 4.39. The fourth-order valence-electron chi connectivity index (χ4n) is 0.122. The fourth-order valence-corrected chi connectivity index (χ4v) is 0.365. The molecule has 0 aromatic carbocycles. The topological polar surface area (TPSA) is 86.2 Å². The molecule has 0 amide bonds. The summed E-state index contributed by atoms with van der Waals surface area (Å²) in [6.07, 6.45) is 0. The molecule has 7 heavy (non-hydrogen) atoms. The van der Waals surface area contributed by atoms with Crippen LogP contribution >= 0.6 is 0 Å². The molecular formula is C2H6N2O2S. The third kappa shape index (κ3) is 5.29. The third-order valence-electron chi connectivity index (χ3n) is 0.254. The maximum Gasteiger partial charge on any atom is 0.165 e. The lowest BCUT2D eigenvalue weighted by Crippen LogP contribution is -2.07. The van der Waals surface area contributed by atoms with Crippen molar-refractivity contribution >= 4 is 10.7 Å². The van der Waals surface area contributed by atoms with Crippen molar-refractivity contribution in [2.24, 2.45) is 11.5 Å². The number of nitrogens with two attached hydrogens (primary N) is 2. The van der Waals surface area contributed by atoms with Crippen LogP contribution in [0, 0.1) is 0 Å². The minimum absolute atomic E-state index is 0.184. The van der Waals surface area contributed by atoms with Crippen LogP contribution in [0.2, 0.25) is 0 Å². The van der Waals surface area contributed by atoms with Gasteiger partial charge in [0.05, 0.1) is 5.41 Å². The van der Waals surface area contributed by atoms with Crippen molar-refractivity contribution in [3.63, 3.8) is 0 Å². The van der Waals surface area contributed by atoms with Gasteiger partial charge in [-0.3, -0.25) is 0 Å². The summed E-state index contributed by atoms with van der Waals surface area (Å²) in [6, 6.07) is 0. The highest BCUT2D eigenvalue weighted by Gasteiger charge is 1.74. The number of thiol groups is 1. The predicted molar refractivity (Wildman–Crippen MR) is 26.8 cm³/mol. The zero-order chi connectivity index (χ0) is 5.86. The van der Waals surface area contributed by atoms with Gasteiger partial charge < -0.3 is 11.5 Å². The van der Waals surface area contributed by atoms with Crippen LogP contribution in [0.5, 0.6) is 0 Å². The van der Waals surface area contributed by atoms with Gasteiger partial charge in [-0.1, -0.05) is 0 Å². The standard InChI is InChI=1S/C2H6N2O2S/c3-2(4)1-7(5)6/h1,7H,3-4H2. The third-order valence-corrected chi connectivity index (χ3v) is 0.763. The summed E-state index contributed by atoms with van der Waals surface area (Å²) in [4.78, 5) is 0. The van der Waals surface area contributed by atoms with Crippen LogP contribution in [0.1, 0.15) is 0 Å². The maximum atomic E-state index is 9.61. The first kappa shape index (κ1) is 6.29. The number of hydrogen-bond acceptors (Lipinski definition) is 4. The Bertz CT molecular complexity index is 136. The molecule has 0 unspecified atom stereocenters. The summed E-state index contributed by atoms with van der Waals surface area (Å²) in [7, 11) is -2.55. The van der Waals surface area contributed by atoms with Gasteiger partial charge in [-0.25, -0.2) is 8.42 Å². The summed E-state index contributed by atoms with van der Waals surface area (Å²) in [5.41, 5.74) is 9.50. The lowest BCUT2D eigenvalue weighted by Gasteiger charge is -1.78. The van der Waals surface area contributed by atoms with Gasteiger partial charge in [0, 0.05) is 0 Å². The van der Waals surface area contributed by atoms with Gasteiger partial charge in [-0.15, -0.1) is 0 Å². The van der Waals surface area contributed by atoms with Gasteiger partial charge in [-0.05, 0) is 0 Å². The van der Waals surface area contributed by atoms with E-state index in [1.807, 2.05) is 0 Å². The molecular weight excluding hydrogens is 116 g/mol. The molecule has 0 fully saturated rings. The van der Waals surface area contributed by atoms with Crippen LogP contribution in [0.3, 0.4) is 0 Å². The SMILES string of the molecule is NC(N)=C[SH](=O)=O. The Morgan fingerprint density at radius 1 is 1.43 bits per heavy atom. The minimum Gasteiger partial charge on any atom is -0.385 e. The van der Waals surface area contributed by atoms with Crippen LogP contribution in [0.15, 0.2) is 11.2 Å². The highest BCUT2D eigenvalue weighted by molar-refractivity contribution is 7.75. The highest BCUT2D eigenvalue weighted by atomic mass is 32.2. The molecule has 0 heterocycles. The molecule has 0 saturated carbocycles. The molecule has 42 valence electrons. The average Bonchev–Trinajstić information content (AvgIpc) is 1.27. The van der Waals surface area contributed by atoms with E-state index in [0.29, 0.717) is 0 Å². The molecule has 5 heteroatoms. The van der Waals surface area contributed by atoms with Crippen molar-refractivity contribution in [1.29, 1.82) is 0 Å². The Balaban J connectivity index is 3.94. The van der Waals surface area contributed by atoms with E-state index >= 15 is 0 Å². The van der Waals surface area contributed by atoms with Crippen LogP contribution < -0.4 is 11.5 Å². The van der Waals surface area contributed by atoms with E-state index in [0.717, 1.165) is 5.41 Å². The summed E-state index contributed by atoms with van der Waals surface area (Å²) >= 11 is 0. The van der Waals surface area contributed by atoms with E-state index in [1.54, 1.807) is 0 Å². The molecule has 0 spiro atoms. The number of hydrogen-bond donors (Lipinski definition) is 3. The predicted octanol–water partition coefficient (Wildman–Crippen LogP) is -1.69. The second-order valence-electron chi connectivity index (χ2n) is 0.914. The normalized spacial score (nSPS) is 8.71. The summed E-state index contributed by atoms with van der Waals surface area (Å²) in [6.45, 7) is 0. The molecule has 0 aliphatic carbocycles. The monoisotopic (exact) mass is 122 g/mol. The van der Waals surface area contributed by atoms with Gasteiger partial charge in [-0.2, -0.15) is 0 Å². The van der Waals surface area contributed by atoms with Crippen molar-refractivity contribution < 1.29 is 8.42 Å². The fraction of sp³-hybridized carbons (Fsp3) is 0. The molecule has 0 aromatic rings. The largest absolute Gasteiger partial charge is 0.385 e. The summed E-state index contributed by atoms with van der Waals surface area (Å²) in [5.74, 6) is -0.184. The zero-order valence-electron chi connectivity index (χ0n) is 3.50. The first-order valence-corrected chi connectivity index (χ1v) is 2.74. The van der Waals surface area contributed by atoms with Gasteiger partial charge in [0.2, 0.25) is 0 Å². The Kier molecular flexibility index (Phi) is 2.21. The lowest BCUT2D eigenvalue weighted by molar-refractivity contribution is 0.621. The molecule has 0 bridgehead atoms. The Labute approximate surface area is 42.8 Å². The van der Waals surface area contributed by atoms with Crippen LogP contribution in [0.25, 0.3) is 0 Å². The van der Waals surface area contributed by atoms with Gasteiger partial charge in [0.25, 0.3) is 0 Å². The van der Waals surface area contributed by atoms with E-state index in [4.69, 9.17) is 11.5 Å². The van der Waals surface area contributed by atoms with Gasteiger partial charge in [0.1, 0.15) is 5.82 Å². The number of rotatable bonds is 1. The van der Waals surface area contributed by atoms with Crippen molar-refractivity contribution in [2.45, 2.75) is 0 Å². The van der Waals surface area contributed by atoms with E-state index in [9.17, 15) is 8.42 Å². The second kappa shape index (κ2) is 2.46. The molecule has 4 N–H and O–H groups in total. The molecule has 0 radical (unpaired) electrons. The van der Waals surface area contributed by atoms with Crippen molar-refractivity contribution in [3.8, 4) is 0 Å². The van der Waals surface area contributed by atoms with Crippen molar-refractivity contribution in [1.82, 2.24) is 0 Å². The van der Waals surface area contributed by atoms with E-state index in [-0.39, 0.29) is 5.82 Å². The van der Waals surface area contributed by atoms with Gasteiger partial charge in [0.15, 0.2) is 10.7 Å². The first-order valence-electron chi connectivity index (χ1n) is 1.49. The maximum absolute atomic E-state index is 9.61. The smallest absolute Gasteiger partial charge is 0.165 e. The quantitative estimate of drug-likeness (QED) is 0.362. The van der Waals surface area contributed by atoms with E-state index in [2.05, 4.69) is 0 Å². The second-order valence-corrected chi connectivity index (χ2v) is 1.74. The minimum atomic E-state index is -2.55. The molecule has 0 aromatic heterocycles. The van der Waals surface area contributed by atoms with E-state index in [1.165, 1.54) is 0 Å². The first-order chi connectivity index (χ1) is 3.13. The Morgan fingerprint density at radius 3 is 1.86 bits per heavy atom. The average molecular weight is 122 g/mol. The molecule has 0 saturated heterocycles. The molecule has 0 aliphatic rings. The molecule has 0 aliphatic heterocycles. The van der Waals surface area contributed by atoms with Crippen molar-refractivity contribution in [2.75, 3.05) is 0 Å². The molecule has 0 atom stereocenters. The van der Waals surface area contributed by atoms with E-state index < -0.39 is 10.7 Å². The lowest BCUT2D eigenvalue weighted by atomic mass is 10.9. The Morgan fingerprint density at radius 2 is 1.86 bits per heavy atom. The molecule has 4 nitrogen and oxygen atoms in total. The van der Waals surface area contributed by atoms with Crippen molar-refractivity contribution in [3.05, 3.63) is 11.2 Å². The molecule has 0 rings (SSSR count). The summed E-state index contributed by atoms with van der Waals surface area (Å²) in [5, 5.41) is 0.759. The van der Waals surface area contributed by atoms with Crippen LogP contribution in [-0.4, -0.2) is 8.42 Å². The highest BCUT2D eigenvalue weighted by Crippen LogP contribution is 1.67. The summed E-state index contributed by atoms with van der Waals surface area (Å²) < 4.78 is 19.2.